The van der Waals surface area contributed by atoms with Crippen molar-refractivity contribution in [3.8, 4) is 11.5 Å². The molecule has 0 saturated heterocycles. The van der Waals surface area contributed by atoms with E-state index in [-0.39, 0.29) is 24.8 Å². The molecule has 0 aromatic heterocycles. The smallest absolute Gasteiger partial charge is 0.226 e. The first kappa shape index (κ1) is 21.3. The van der Waals surface area contributed by atoms with Crippen molar-refractivity contribution in [1.29, 1.82) is 0 Å². The van der Waals surface area contributed by atoms with Crippen LogP contribution in [0.5, 0.6) is 11.5 Å². The number of nitrogens with one attached hydrogen (secondary N) is 1. The lowest BCUT2D eigenvalue weighted by molar-refractivity contribution is -0.117. The zero-order valence-corrected chi connectivity index (χ0v) is 17.4. The maximum Gasteiger partial charge on any atom is 0.226 e. The van der Waals surface area contributed by atoms with Crippen molar-refractivity contribution >= 4 is 23.2 Å². The van der Waals surface area contributed by atoms with Crippen LogP contribution in [0.1, 0.15) is 30.0 Å². The fraction of sp³-hybridized carbons (Fsp3) is 0.364. The summed E-state index contributed by atoms with van der Waals surface area (Å²) in [5.74, 6) is 0.823. The fourth-order valence-electron chi connectivity index (χ4n) is 3.25. The Morgan fingerprint density at radius 2 is 1.57 bits per heavy atom. The van der Waals surface area contributed by atoms with Crippen molar-refractivity contribution in [2.75, 3.05) is 31.0 Å². The number of ether oxygens (including phenoxy) is 2. The number of amides is 2. The summed E-state index contributed by atoms with van der Waals surface area (Å²) in [7, 11) is 3.10. The van der Waals surface area contributed by atoms with Crippen molar-refractivity contribution in [2.45, 2.75) is 34.1 Å². The van der Waals surface area contributed by atoms with Gasteiger partial charge in [0, 0.05) is 37.3 Å². The predicted molar refractivity (Wildman–Crippen MR) is 111 cm³/mol. The molecule has 2 rings (SSSR count). The molecule has 6 heteroatoms. The minimum Gasteiger partial charge on any atom is -0.493 e. The van der Waals surface area contributed by atoms with Gasteiger partial charge in [0.25, 0.3) is 0 Å². The maximum atomic E-state index is 12.5. The van der Waals surface area contributed by atoms with Gasteiger partial charge in [0.1, 0.15) is 0 Å². The molecule has 0 aliphatic heterocycles. The highest BCUT2D eigenvalue weighted by Gasteiger charge is 2.17. The average molecular weight is 384 g/mol. The van der Waals surface area contributed by atoms with Crippen molar-refractivity contribution in [2.24, 2.45) is 0 Å². The summed E-state index contributed by atoms with van der Waals surface area (Å²) in [4.78, 5) is 26.2. The van der Waals surface area contributed by atoms with E-state index in [0.717, 1.165) is 22.4 Å². The second kappa shape index (κ2) is 9.26. The van der Waals surface area contributed by atoms with E-state index in [1.165, 1.54) is 6.92 Å². The lowest BCUT2D eigenvalue weighted by Gasteiger charge is -2.22. The molecule has 0 atom stereocenters. The highest BCUT2D eigenvalue weighted by Crippen LogP contribution is 2.31. The van der Waals surface area contributed by atoms with E-state index in [2.05, 4.69) is 5.32 Å². The topological polar surface area (TPSA) is 67.9 Å². The molecule has 2 aromatic carbocycles. The van der Waals surface area contributed by atoms with Crippen LogP contribution in [0.3, 0.4) is 0 Å². The molecular weight excluding hydrogens is 356 g/mol. The zero-order chi connectivity index (χ0) is 20.8. The van der Waals surface area contributed by atoms with Crippen LogP contribution in [0.25, 0.3) is 0 Å². The number of hydrogen-bond donors (Lipinski definition) is 1. The van der Waals surface area contributed by atoms with Crippen molar-refractivity contribution in [3.05, 3.63) is 47.0 Å². The normalized spacial score (nSPS) is 10.4. The largest absolute Gasteiger partial charge is 0.493 e. The number of anilines is 2. The van der Waals surface area contributed by atoms with E-state index < -0.39 is 0 Å². The molecular formula is C22H28N2O4. The van der Waals surface area contributed by atoms with E-state index in [1.54, 1.807) is 37.3 Å². The molecule has 0 aliphatic rings. The molecule has 0 saturated carbocycles. The van der Waals surface area contributed by atoms with Crippen LogP contribution in [0, 0.1) is 20.8 Å². The Kier molecular flexibility index (Phi) is 7.04. The number of hydrogen-bond acceptors (Lipinski definition) is 4. The van der Waals surface area contributed by atoms with Crippen LogP contribution in [0.2, 0.25) is 0 Å². The third-order valence-electron chi connectivity index (χ3n) is 4.56. The Bertz CT molecular complexity index is 854. The average Bonchev–Trinajstić information content (AvgIpc) is 2.64. The van der Waals surface area contributed by atoms with E-state index in [4.69, 9.17) is 9.47 Å². The van der Waals surface area contributed by atoms with Gasteiger partial charge in [-0.3, -0.25) is 9.59 Å². The van der Waals surface area contributed by atoms with Gasteiger partial charge < -0.3 is 19.7 Å². The highest BCUT2D eigenvalue weighted by atomic mass is 16.5. The van der Waals surface area contributed by atoms with Crippen LogP contribution in [0.15, 0.2) is 30.3 Å². The van der Waals surface area contributed by atoms with Gasteiger partial charge in [-0.05, 0) is 44.0 Å². The van der Waals surface area contributed by atoms with Gasteiger partial charge in [-0.2, -0.15) is 0 Å². The minimum absolute atomic E-state index is 0.137. The molecule has 6 nitrogen and oxygen atoms in total. The molecule has 0 heterocycles. The first-order chi connectivity index (χ1) is 13.3. The SMILES string of the molecule is COc1ccc(N(CCC(=O)Nc2c(C)cc(C)cc2C)C(C)=O)cc1OC. The number of rotatable bonds is 7. The second-order valence-electron chi connectivity index (χ2n) is 6.78. The van der Waals surface area contributed by atoms with Crippen molar-refractivity contribution in [1.82, 2.24) is 0 Å². The van der Waals surface area contributed by atoms with Gasteiger partial charge in [0.05, 0.1) is 14.2 Å². The Morgan fingerprint density at radius 1 is 0.964 bits per heavy atom. The number of nitrogens with zero attached hydrogens (tertiary/aromatic N) is 1. The number of carbonyl (C=O) groups is 2. The summed E-state index contributed by atoms with van der Waals surface area (Å²) in [6.07, 6.45) is 0.181. The van der Waals surface area contributed by atoms with E-state index >= 15 is 0 Å². The van der Waals surface area contributed by atoms with Crippen molar-refractivity contribution in [3.63, 3.8) is 0 Å². The molecule has 0 fully saturated rings. The van der Waals surface area contributed by atoms with Crippen LogP contribution in [-0.2, 0) is 9.59 Å². The lowest BCUT2D eigenvalue weighted by atomic mass is 10.0. The molecule has 0 aliphatic carbocycles. The van der Waals surface area contributed by atoms with E-state index in [0.29, 0.717) is 17.2 Å². The molecule has 2 amide bonds. The van der Waals surface area contributed by atoms with Gasteiger partial charge in [0.2, 0.25) is 11.8 Å². The summed E-state index contributed by atoms with van der Waals surface area (Å²) >= 11 is 0. The standard InChI is InChI=1S/C22H28N2O4/c1-14-11-15(2)22(16(3)12-14)23-21(26)9-10-24(17(4)25)18-7-8-19(27-5)20(13-18)28-6/h7-8,11-13H,9-10H2,1-6H3,(H,23,26). The minimum atomic E-state index is -0.150. The predicted octanol–water partition coefficient (Wildman–Crippen LogP) is 4.01. The van der Waals surface area contributed by atoms with Gasteiger partial charge >= 0.3 is 0 Å². The Morgan fingerprint density at radius 3 is 2.11 bits per heavy atom. The Balaban J connectivity index is 2.12. The molecule has 0 radical (unpaired) electrons. The summed E-state index contributed by atoms with van der Waals surface area (Å²) in [5.41, 5.74) is 4.68. The molecule has 150 valence electrons. The number of aryl methyl sites for hydroxylation is 3. The van der Waals surface area contributed by atoms with Gasteiger partial charge in [0.15, 0.2) is 11.5 Å². The maximum absolute atomic E-state index is 12.5. The van der Waals surface area contributed by atoms with Gasteiger partial charge in [-0.1, -0.05) is 17.7 Å². The fourth-order valence-corrected chi connectivity index (χ4v) is 3.25. The molecule has 1 N–H and O–H groups in total. The third-order valence-corrected chi connectivity index (χ3v) is 4.56. The van der Waals surface area contributed by atoms with Gasteiger partial charge in [-0.15, -0.1) is 0 Å². The van der Waals surface area contributed by atoms with Crippen LogP contribution in [-0.4, -0.2) is 32.6 Å². The third kappa shape index (κ3) is 5.03. The Labute approximate surface area is 166 Å². The molecule has 0 bridgehead atoms. The number of methoxy groups -OCH3 is 2. The zero-order valence-electron chi connectivity index (χ0n) is 17.4. The molecule has 0 unspecified atom stereocenters. The Hall–Kier alpha value is -3.02. The number of carbonyl (C=O) groups excluding carboxylic acids is 2. The van der Waals surface area contributed by atoms with Crippen LogP contribution < -0.4 is 19.7 Å². The lowest BCUT2D eigenvalue weighted by Crippen LogP contribution is -2.32. The van der Waals surface area contributed by atoms with E-state index in [1.807, 2.05) is 32.9 Å². The molecule has 0 spiro atoms. The van der Waals surface area contributed by atoms with Crippen molar-refractivity contribution < 1.29 is 19.1 Å². The summed E-state index contributed by atoms with van der Waals surface area (Å²) in [6, 6.07) is 9.31. The summed E-state index contributed by atoms with van der Waals surface area (Å²) in [6.45, 7) is 7.71. The molecule has 28 heavy (non-hydrogen) atoms. The highest BCUT2D eigenvalue weighted by molar-refractivity contribution is 5.95. The summed E-state index contributed by atoms with van der Waals surface area (Å²) < 4.78 is 10.5. The van der Waals surface area contributed by atoms with Crippen LogP contribution >= 0.6 is 0 Å². The number of benzene rings is 2. The second-order valence-corrected chi connectivity index (χ2v) is 6.78. The van der Waals surface area contributed by atoms with E-state index in [9.17, 15) is 9.59 Å². The van der Waals surface area contributed by atoms with Crippen LogP contribution in [0.4, 0.5) is 11.4 Å². The monoisotopic (exact) mass is 384 g/mol. The first-order valence-electron chi connectivity index (χ1n) is 9.14. The van der Waals surface area contributed by atoms with Gasteiger partial charge in [-0.25, -0.2) is 0 Å². The molecule has 2 aromatic rings. The quantitative estimate of drug-likeness (QED) is 0.783. The first-order valence-corrected chi connectivity index (χ1v) is 9.14. The summed E-state index contributed by atoms with van der Waals surface area (Å²) in [5, 5.41) is 2.97.